The second-order valence-electron chi connectivity index (χ2n) is 6.81. The van der Waals surface area contributed by atoms with Crippen molar-refractivity contribution >= 4 is 28.3 Å². The van der Waals surface area contributed by atoms with Crippen LogP contribution in [0, 0.1) is 5.92 Å². The molecule has 2 aromatic heterocycles. The maximum absolute atomic E-state index is 12.4. The molecule has 2 amide bonds. The summed E-state index contributed by atoms with van der Waals surface area (Å²) in [6.07, 6.45) is 4.91. The highest BCUT2D eigenvalue weighted by molar-refractivity contribution is 7.15. The summed E-state index contributed by atoms with van der Waals surface area (Å²) < 4.78 is 1.87. The third-order valence-corrected chi connectivity index (χ3v) is 5.50. The fraction of sp³-hybridized carbons (Fsp3) is 0.588. The first-order valence-electron chi connectivity index (χ1n) is 8.90. The second-order valence-corrected chi connectivity index (χ2v) is 7.80. The zero-order valence-electron chi connectivity index (χ0n) is 15.3. The Hall–Kier alpha value is -2.29. The van der Waals surface area contributed by atoms with Crippen LogP contribution >= 0.6 is 11.3 Å². The number of nitrogens with one attached hydrogen (secondary N) is 1. The number of amides is 2. The highest BCUT2D eigenvalue weighted by Crippen LogP contribution is 2.30. The van der Waals surface area contributed by atoms with Crippen molar-refractivity contribution in [2.45, 2.75) is 52.6 Å². The molecule has 3 heterocycles. The van der Waals surface area contributed by atoms with Crippen molar-refractivity contribution in [2.24, 2.45) is 5.92 Å². The van der Waals surface area contributed by atoms with Gasteiger partial charge < -0.3 is 5.32 Å². The van der Waals surface area contributed by atoms with Gasteiger partial charge in [-0.1, -0.05) is 32.1 Å². The highest BCUT2D eigenvalue weighted by atomic mass is 32.1. The van der Waals surface area contributed by atoms with E-state index in [-0.39, 0.29) is 30.1 Å². The van der Waals surface area contributed by atoms with Crippen molar-refractivity contribution in [1.29, 1.82) is 0 Å². The average molecular weight is 376 g/mol. The van der Waals surface area contributed by atoms with E-state index in [0.29, 0.717) is 18.2 Å². The number of anilines is 1. The Bertz CT molecular complexity index is 784. The molecule has 1 aliphatic rings. The molecule has 1 fully saturated rings. The normalized spacial score (nSPS) is 17.3. The van der Waals surface area contributed by atoms with Crippen LogP contribution < -0.4 is 10.2 Å². The van der Waals surface area contributed by atoms with E-state index in [0.717, 1.165) is 23.5 Å². The van der Waals surface area contributed by atoms with Crippen LogP contribution in [0.15, 0.2) is 12.4 Å². The maximum Gasteiger partial charge on any atom is 0.229 e. The monoisotopic (exact) mass is 376 g/mol. The minimum absolute atomic E-state index is 0.0765. The van der Waals surface area contributed by atoms with E-state index in [1.165, 1.54) is 11.3 Å². The Morgan fingerprint density at radius 1 is 1.42 bits per heavy atom. The standard InChI is InChI=1S/C17H24N6O2S/c1-4-5-22-9-12(8-19-22)7-18-15(25)13-6-14(24)23(10-13)17-21-20-16(26-17)11(2)3/h8-9,11,13H,4-7,10H2,1-3H3,(H,18,25). The second kappa shape index (κ2) is 7.94. The largest absolute Gasteiger partial charge is 0.352 e. The molecule has 140 valence electrons. The van der Waals surface area contributed by atoms with Crippen LogP contribution in [-0.4, -0.2) is 38.3 Å². The number of rotatable bonds is 7. The van der Waals surface area contributed by atoms with Gasteiger partial charge in [0.25, 0.3) is 0 Å². The van der Waals surface area contributed by atoms with Gasteiger partial charge in [-0.25, -0.2) is 0 Å². The van der Waals surface area contributed by atoms with Gasteiger partial charge in [0.15, 0.2) is 0 Å². The molecule has 1 N–H and O–H groups in total. The van der Waals surface area contributed by atoms with Gasteiger partial charge in [0.2, 0.25) is 16.9 Å². The number of aryl methyl sites for hydroxylation is 1. The molecule has 0 saturated carbocycles. The van der Waals surface area contributed by atoms with Gasteiger partial charge in [-0.15, -0.1) is 10.2 Å². The molecule has 1 atom stereocenters. The van der Waals surface area contributed by atoms with Gasteiger partial charge in [0.1, 0.15) is 5.01 Å². The highest BCUT2D eigenvalue weighted by Gasteiger charge is 2.36. The summed E-state index contributed by atoms with van der Waals surface area (Å²) in [5.74, 6) is -0.281. The summed E-state index contributed by atoms with van der Waals surface area (Å²) in [6, 6.07) is 0. The van der Waals surface area contributed by atoms with Gasteiger partial charge in [-0.2, -0.15) is 5.10 Å². The van der Waals surface area contributed by atoms with E-state index < -0.39 is 0 Å². The number of hydrogen-bond acceptors (Lipinski definition) is 6. The lowest BCUT2D eigenvalue weighted by molar-refractivity contribution is -0.126. The molecule has 0 radical (unpaired) electrons. The summed E-state index contributed by atoms with van der Waals surface area (Å²) >= 11 is 1.41. The minimum Gasteiger partial charge on any atom is -0.352 e. The molecule has 1 unspecified atom stereocenters. The van der Waals surface area contributed by atoms with Crippen molar-refractivity contribution in [1.82, 2.24) is 25.3 Å². The molecule has 9 heteroatoms. The molecule has 1 saturated heterocycles. The van der Waals surface area contributed by atoms with Crippen molar-refractivity contribution in [3.05, 3.63) is 23.0 Å². The maximum atomic E-state index is 12.4. The molecule has 0 aliphatic carbocycles. The lowest BCUT2D eigenvalue weighted by Gasteiger charge is -2.12. The molecule has 0 spiro atoms. The van der Waals surface area contributed by atoms with E-state index in [2.05, 4.69) is 27.5 Å². The third kappa shape index (κ3) is 4.09. The number of hydrogen-bond donors (Lipinski definition) is 1. The van der Waals surface area contributed by atoms with Crippen LogP contribution in [0.3, 0.4) is 0 Å². The van der Waals surface area contributed by atoms with E-state index in [1.54, 1.807) is 11.1 Å². The molecular weight excluding hydrogens is 352 g/mol. The van der Waals surface area contributed by atoms with Gasteiger partial charge in [0.05, 0.1) is 12.1 Å². The van der Waals surface area contributed by atoms with Crippen LogP contribution in [0.25, 0.3) is 0 Å². The molecule has 2 aromatic rings. The number of aromatic nitrogens is 4. The van der Waals surface area contributed by atoms with Crippen LogP contribution in [0.5, 0.6) is 0 Å². The Balaban J connectivity index is 1.56. The van der Waals surface area contributed by atoms with Gasteiger partial charge in [-0.3, -0.25) is 19.2 Å². The zero-order chi connectivity index (χ0) is 18.7. The summed E-state index contributed by atoms with van der Waals surface area (Å²) in [5, 5.41) is 16.9. The van der Waals surface area contributed by atoms with Crippen LogP contribution in [0.1, 0.15) is 50.1 Å². The molecule has 8 nitrogen and oxygen atoms in total. The predicted molar refractivity (Wildman–Crippen MR) is 98.8 cm³/mol. The van der Waals surface area contributed by atoms with Gasteiger partial charge in [0, 0.05) is 43.7 Å². The van der Waals surface area contributed by atoms with E-state index in [1.807, 2.05) is 24.7 Å². The average Bonchev–Trinajstić information content (AvgIpc) is 3.32. The molecule has 0 bridgehead atoms. The summed E-state index contributed by atoms with van der Waals surface area (Å²) in [6.45, 7) is 7.80. The number of carbonyl (C=O) groups is 2. The molecular formula is C17H24N6O2S. The van der Waals surface area contributed by atoms with E-state index >= 15 is 0 Å². The number of carbonyl (C=O) groups excluding carboxylic acids is 2. The fourth-order valence-corrected chi connectivity index (χ4v) is 3.69. The lowest BCUT2D eigenvalue weighted by atomic mass is 10.1. The van der Waals surface area contributed by atoms with Crippen molar-refractivity contribution in [2.75, 3.05) is 11.4 Å². The molecule has 3 rings (SSSR count). The topological polar surface area (TPSA) is 93.0 Å². The molecule has 0 aromatic carbocycles. The Labute approximate surface area is 156 Å². The predicted octanol–water partition coefficient (Wildman–Crippen LogP) is 1.94. The van der Waals surface area contributed by atoms with Crippen LogP contribution in [-0.2, 0) is 22.7 Å². The van der Waals surface area contributed by atoms with Crippen molar-refractivity contribution in [3.63, 3.8) is 0 Å². The Morgan fingerprint density at radius 2 is 2.23 bits per heavy atom. The summed E-state index contributed by atoms with van der Waals surface area (Å²) in [4.78, 5) is 26.3. The summed E-state index contributed by atoms with van der Waals surface area (Å²) in [5.41, 5.74) is 0.957. The van der Waals surface area contributed by atoms with Crippen molar-refractivity contribution in [3.8, 4) is 0 Å². The lowest BCUT2D eigenvalue weighted by Crippen LogP contribution is -2.32. The minimum atomic E-state index is -0.361. The first-order valence-corrected chi connectivity index (χ1v) is 9.72. The van der Waals surface area contributed by atoms with E-state index in [9.17, 15) is 9.59 Å². The van der Waals surface area contributed by atoms with E-state index in [4.69, 9.17) is 0 Å². The Kier molecular flexibility index (Phi) is 5.65. The first kappa shape index (κ1) is 18.5. The SMILES string of the molecule is CCCn1cc(CNC(=O)C2CC(=O)N(c3nnc(C(C)C)s3)C2)cn1. The zero-order valence-corrected chi connectivity index (χ0v) is 16.1. The molecule has 26 heavy (non-hydrogen) atoms. The van der Waals surface area contributed by atoms with Crippen LogP contribution in [0.4, 0.5) is 5.13 Å². The quantitative estimate of drug-likeness (QED) is 0.797. The van der Waals surface area contributed by atoms with Gasteiger partial charge in [-0.05, 0) is 6.42 Å². The first-order chi connectivity index (χ1) is 12.5. The molecule has 1 aliphatic heterocycles. The van der Waals surface area contributed by atoms with Crippen molar-refractivity contribution < 1.29 is 9.59 Å². The Morgan fingerprint density at radius 3 is 2.92 bits per heavy atom. The fourth-order valence-electron chi connectivity index (χ4n) is 2.82. The smallest absolute Gasteiger partial charge is 0.229 e. The number of nitrogens with zero attached hydrogens (tertiary/aromatic N) is 5. The summed E-state index contributed by atoms with van der Waals surface area (Å²) in [7, 11) is 0. The van der Waals surface area contributed by atoms with Gasteiger partial charge >= 0.3 is 0 Å². The third-order valence-electron chi connectivity index (χ3n) is 4.26. The van der Waals surface area contributed by atoms with Crippen LogP contribution in [0.2, 0.25) is 0 Å².